The van der Waals surface area contributed by atoms with Gasteiger partial charge in [0.1, 0.15) is 54.9 Å². The first-order chi connectivity index (χ1) is 34.6. The third-order valence-electron chi connectivity index (χ3n) is 11.1. The maximum Gasteiger partial charge on any atom is 0.328 e. The second kappa shape index (κ2) is 20.5. The minimum Gasteiger partial charge on any atom is -0.756 e. The quantitative estimate of drug-likeness (QED) is 0.0356. The molecular weight excluding hydrogens is 1110 g/mol. The molecule has 3 saturated heterocycles. The van der Waals surface area contributed by atoms with Crippen molar-refractivity contribution < 1.29 is 105 Å². The van der Waals surface area contributed by atoms with Gasteiger partial charge in [0.2, 0.25) is 17.8 Å². The molecule has 6 aromatic rings. The normalized spacial score (nSPS) is 30.3. The van der Waals surface area contributed by atoms with E-state index in [0.29, 0.717) is 0 Å². The highest BCUT2D eigenvalue weighted by molar-refractivity contribution is 7.65. The van der Waals surface area contributed by atoms with Crippen LogP contribution in [0, 0.1) is 0 Å². The summed E-state index contributed by atoms with van der Waals surface area (Å²) in [6.07, 6.45) is -18.5. The second-order valence-electron chi connectivity index (χ2n) is 16.2. The highest BCUT2D eigenvalue weighted by Crippen LogP contribution is 2.63. The zero-order chi connectivity index (χ0) is 53.6. The molecule has 16 atom stereocenters. The molecule has 0 radical (unpaired) electrons. The Morgan fingerprint density at radius 1 is 0.560 bits per heavy atom. The van der Waals surface area contributed by atoms with Gasteiger partial charge in [-0.3, -0.25) is 65.8 Å². The minimum absolute atomic E-state index is 0. The molecule has 0 aliphatic carbocycles. The van der Waals surface area contributed by atoms with Crippen LogP contribution < -0.4 is 48.6 Å². The van der Waals surface area contributed by atoms with E-state index in [1.165, 1.54) is 0 Å². The number of rotatable bonds is 18. The summed E-state index contributed by atoms with van der Waals surface area (Å²) in [5, 5.41) is 54.4. The van der Waals surface area contributed by atoms with Gasteiger partial charge < -0.3 is 90.7 Å². The smallest absolute Gasteiger partial charge is 0.328 e. The number of hydrogen-bond donors (Lipinski definition) is 11. The van der Waals surface area contributed by atoms with Gasteiger partial charge in [-0.05, 0) is 0 Å². The number of H-pyrrole nitrogens is 3. The van der Waals surface area contributed by atoms with Crippen LogP contribution in [-0.2, 0) is 59.2 Å². The van der Waals surface area contributed by atoms with Crippen LogP contribution in [0.1, 0.15) is 18.7 Å². The van der Waals surface area contributed by atoms with Crippen molar-refractivity contribution in [3.05, 3.63) is 50.0 Å². The van der Waals surface area contributed by atoms with Gasteiger partial charge in [-0.2, -0.15) is 15.0 Å². The molecule has 0 bridgehead atoms. The molecule has 40 nitrogen and oxygen atoms in total. The summed E-state index contributed by atoms with van der Waals surface area (Å²) < 4.78 is 100. The number of nitrogens with zero attached hydrogens (tertiary/aromatic N) is 9. The van der Waals surface area contributed by atoms with Crippen molar-refractivity contribution in [2.75, 3.05) is 43.7 Å². The lowest BCUT2D eigenvalue weighted by atomic mass is 10.1. The summed E-state index contributed by atoms with van der Waals surface area (Å²) in [4.78, 5) is 105. The maximum atomic E-state index is 13.9. The fourth-order valence-corrected chi connectivity index (χ4v) is 12.5. The van der Waals surface area contributed by atoms with Crippen LogP contribution >= 0.6 is 31.1 Å². The molecule has 16 N–H and O–H groups in total. The second-order valence-corrected chi connectivity index (χ2v) is 22.7. The molecule has 3 fully saturated rings. The summed E-state index contributed by atoms with van der Waals surface area (Å²) in [6.45, 7) is -2.68. The largest absolute Gasteiger partial charge is 0.756 e. The first-order valence-corrected chi connectivity index (χ1v) is 27.1. The number of imidazole rings is 3. The topological polar surface area (TPSA) is 622 Å². The molecule has 0 spiro atoms. The number of nitrogens with one attached hydrogen (secondary N) is 3. The van der Waals surface area contributed by atoms with Crippen LogP contribution in [-0.4, -0.2) is 171 Å². The van der Waals surface area contributed by atoms with Crippen molar-refractivity contribution in [2.45, 2.75) is 73.6 Å². The average Bonchev–Trinajstić information content (AvgIpc) is 4.15. The lowest BCUT2D eigenvalue weighted by Crippen LogP contribution is -2.37. The number of nitrogen functional groups attached to an aromatic ring is 3. The molecule has 9 heterocycles. The van der Waals surface area contributed by atoms with E-state index in [9.17, 15) is 72.9 Å². The lowest BCUT2D eigenvalue weighted by Gasteiger charge is -2.35. The van der Waals surface area contributed by atoms with Crippen LogP contribution in [0.25, 0.3) is 33.5 Å². The number of aliphatic hydroxyl groups is 5. The molecule has 412 valence electrons. The van der Waals surface area contributed by atoms with Gasteiger partial charge in [-0.25, -0.2) is 23.6 Å². The third-order valence-corrected chi connectivity index (χ3v) is 16.5. The van der Waals surface area contributed by atoms with Gasteiger partial charge in [0.25, 0.3) is 40.1 Å². The number of hydrogen-bond acceptors (Lipinski definition) is 33. The van der Waals surface area contributed by atoms with Crippen molar-refractivity contribution in [2.24, 2.45) is 0 Å². The number of anilines is 3. The van der Waals surface area contributed by atoms with E-state index in [0.717, 1.165) is 39.3 Å². The van der Waals surface area contributed by atoms with Crippen molar-refractivity contribution in [1.29, 1.82) is 0 Å². The Balaban J connectivity index is 0.00000747. The number of ether oxygens (including phenoxy) is 3. The first-order valence-electron chi connectivity index (χ1n) is 20.7. The Bertz CT molecular complexity index is 3520. The summed E-state index contributed by atoms with van der Waals surface area (Å²) >= 11 is 0. The Labute approximate surface area is 412 Å². The molecule has 75 heavy (non-hydrogen) atoms. The van der Waals surface area contributed by atoms with Crippen molar-refractivity contribution in [1.82, 2.24) is 58.6 Å². The molecule has 4 unspecified atom stereocenters. The fourth-order valence-electron chi connectivity index (χ4n) is 7.89. The Morgan fingerprint density at radius 3 is 1.28 bits per heavy atom. The van der Waals surface area contributed by atoms with Gasteiger partial charge in [-0.15, -0.1) is 0 Å². The summed E-state index contributed by atoms with van der Waals surface area (Å²) in [5.74, 6) is -1.11. The number of aromatic amines is 3. The SMILES string of the molecule is CP(=O)(OC[C@H]1O[C@@H](n2cnc3c(=O)[nH]c(N)nc32)[C@H](O)[C@@H]1O)O[C@H]1[C@@H](O)[C@H](n2cnc3c(=O)[nH]c(N)nc32)O[C@@H]1COP(=O)([O-])OP(=O)([O-])OP(=O)([O-])OC[C@H]1O[C@@H](n2cnc3c(=O)[nH]c(N)nc32)[C@H](O)[C@@H]1O.O. The molecule has 44 heteroatoms. The number of aliphatic hydroxyl groups excluding tert-OH is 5. The highest BCUT2D eigenvalue weighted by Gasteiger charge is 2.51. The number of aromatic nitrogens is 12. The lowest BCUT2D eigenvalue weighted by molar-refractivity contribution is -0.252. The van der Waals surface area contributed by atoms with Gasteiger partial charge in [-0.1, -0.05) is 0 Å². The molecule has 9 rings (SSSR count). The van der Waals surface area contributed by atoms with Crippen molar-refractivity contribution in [3.63, 3.8) is 0 Å². The van der Waals surface area contributed by atoms with E-state index < -0.39 is 147 Å². The number of nitrogens with two attached hydrogens (primary N) is 3. The van der Waals surface area contributed by atoms with Crippen LogP contribution in [0.2, 0.25) is 0 Å². The van der Waals surface area contributed by atoms with Crippen LogP contribution in [0.15, 0.2) is 33.4 Å². The third kappa shape index (κ3) is 11.2. The maximum absolute atomic E-state index is 13.9. The van der Waals surface area contributed by atoms with Gasteiger partial charge in [0.05, 0.1) is 38.8 Å². The molecule has 6 aromatic heterocycles. The summed E-state index contributed by atoms with van der Waals surface area (Å²) in [6, 6.07) is 0. The van der Waals surface area contributed by atoms with Crippen LogP contribution in [0.4, 0.5) is 17.8 Å². The average molecular weight is 1150 g/mol. The fraction of sp³-hybridized carbons (Fsp3) is 0.516. The van der Waals surface area contributed by atoms with Crippen LogP contribution in [0.5, 0.6) is 0 Å². The number of phosphoric ester groups is 2. The summed E-state index contributed by atoms with van der Waals surface area (Å²) in [7, 11) is -23.7. The predicted molar refractivity (Wildman–Crippen MR) is 234 cm³/mol. The van der Waals surface area contributed by atoms with E-state index in [1.807, 2.05) is 0 Å². The monoisotopic (exact) mass is 1150 g/mol. The van der Waals surface area contributed by atoms with Gasteiger partial charge in [0.15, 0.2) is 52.2 Å². The molecule has 0 amide bonds. The number of phosphoric acid groups is 3. The molecule has 3 aliphatic rings. The number of fused-ring (bicyclic) bond motifs is 3. The van der Waals surface area contributed by atoms with E-state index in [-0.39, 0.29) is 50.9 Å². The minimum atomic E-state index is -6.59. The first kappa shape index (κ1) is 55.9. The Morgan fingerprint density at radius 2 is 0.893 bits per heavy atom. The van der Waals surface area contributed by atoms with Crippen LogP contribution in [0.3, 0.4) is 0 Å². The van der Waals surface area contributed by atoms with E-state index >= 15 is 0 Å². The van der Waals surface area contributed by atoms with E-state index in [1.54, 1.807) is 0 Å². The van der Waals surface area contributed by atoms with Gasteiger partial charge >= 0.3 is 7.60 Å². The highest BCUT2D eigenvalue weighted by atomic mass is 31.3. The molecule has 0 aromatic carbocycles. The van der Waals surface area contributed by atoms with E-state index in [2.05, 4.69) is 62.5 Å². The van der Waals surface area contributed by atoms with E-state index in [4.69, 9.17) is 40.5 Å². The van der Waals surface area contributed by atoms with Crippen molar-refractivity contribution >= 4 is 82.4 Å². The Kier molecular flexibility index (Phi) is 15.3. The van der Waals surface area contributed by atoms with Gasteiger partial charge in [0, 0.05) is 6.66 Å². The molecule has 3 aliphatic heterocycles. The predicted octanol–water partition coefficient (Wildman–Crippen LogP) is -7.50. The molecule has 0 saturated carbocycles. The zero-order valence-electron chi connectivity index (χ0n) is 37.3. The molecular formula is C31H40N15O25P4-3. The standard InChI is InChI=1S/C31H41N15O24P4.H2O/c1-71(55,62-2-8-14(47)16(49)26(65-8)44-5-35-11-20(44)38-29(32)41-23(11)52)68-19-10(67-28(18(19)51)46-7-37-13-22(46)40-31(34)43-25(13)54)4-64-73(58,59)70-74(60,61)69-72(56,57)63-3-9-15(48)17(50)27(66-9)45-6-36-12-21(45)39-30(33)42-24(12)53;/h5-10,14-19,26-28,47-51H,2-4H2,1H3,(H,56,57)(H,58,59)(H,60,61)(H3,32,38,41,52)(H3,33,39,42,53)(H3,34,40,43,54);1H2/p-3/t8-,9-,10-,14-,15-,16-,17-,18-,19-,26-,27-,28-,71?;/m1./s1. The zero-order valence-corrected chi connectivity index (χ0v) is 40.9. The Hall–Kier alpha value is -5.35. The summed E-state index contributed by atoms with van der Waals surface area (Å²) in [5.41, 5.74) is 13.0. The van der Waals surface area contributed by atoms with Crippen molar-refractivity contribution in [3.8, 4) is 0 Å².